The van der Waals surface area contributed by atoms with Crippen molar-refractivity contribution in [1.29, 1.82) is 0 Å². The largest absolute Gasteiger partial charge is 0.360 e. The molecule has 1 saturated heterocycles. The highest BCUT2D eigenvalue weighted by Crippen LogP contribution is 2.61. The lowest BCUT2D eigenvalue weighted by molar-refractivity contribution is -0.0676. The molecule has 0 unspecified atom stereocenters. The van der Waals surface area contributed by atoms with Gasteiger partial charge in [-0.05, 0) is 99.2 Å². The van der Waals surface area contributed by atoms with Gasteiger partial charge >= 0.3 is 0 Å². The van der Waals surface area contributed by atoms with Gasteiger partial charge in [-0.25, -0.2) is 0 Å². The van der Waals surface area contributed by atoms with Crippen LogP contribution in [-0.2, 0) is 6.54 Å². The second kappa shape index (κ2) is 6.57. The van der Waals surface area contributed by atoms with Gasteiger partial charge in [-0.2, -0.15) is 0 Å². The number of aromatic nitrogens is 1. The minimum atomic E-state index is 0.154. The van der Waals surface area contributed by atoms with Gasteiger partial charge in [-0.3, -0.25) is 4.79 Å². The molecular formula is C24H33N3OS. The maximum atomic E-state index is 12.3. The summed E-state index contributed by atoms with van der Waals surface area (Å²) >= 11 is 5.95. The molecule has 1 aromatic rings. The number of hydrogen-bond acceptors (Lipinski definition) is 2. The molecule has 4 aliphatic carbocycles. The molecule has 5 heteroatoms. The van der Waals surface area contributed by atoms with Crippen molar-refractivity contribution in [3.63, 3.8) is 0 Å². The summed E-state index contributed by atoms with van der Waals surface area (Å²) in [7, 11) is 0. The summed E-state index contributed by atoms with van der Waals surface area (Å²) in [5.41, 5.74) is 1.84. The molecule has 0 aromatic carbocycles. The Morgan fingerprint density at radius 3 is 2.41 bits per heavy atom. The van der Waals surface area contributed by atoms with Gasteiger partial charge in [0.2, 0.25) is 0 Å². The topological polar surface area (TPSA) is 37.3 Å². The van der Waals surface area contributed by atoms with Gasteiger partial charge in [0.1, 0.15) is 0 Å². The average molecular weight is 412 g/mol. The van der Waals surface area contributed by atoms with E-state index >= 15 is 0 Å². The Balaban J connectivity index is 1.17. The van der Waals surface area contributed by atoms with Crippen LogP contribution < -0.4 is 10.9 Å². The van der Waals surface area contributed by atoms with Crippen LogP contribution in [0.2, 0.25) is 0 Å². The van der Waals surface area contributed by atoms with Crippen LogP contribution >= 0.6 is 12.2 Å². The minimum absolute atomic E-state index is 0.154. The van der Waals surface area contributed by atoms with E-state index in [1.807, 2.05) is 10.6 Å². The molecule has 6 aliphatic rings. The molecule has 0 spiro atoms. The minimum Gasteiger partial charge on any atom is -0.360 e. The highest BCUT2D eigenvalue weighted by atomic mass is 32.1. The number of thiocarbonyl (C=S) groups is 1. The smallest absolute Gasteiger partial charge is 0.250 e. The molecule has 6 bridgehead atoms. The van der Waals surface area contributed by atoms with E-state index in [1.54, 1.807) is 6.07 Å². The highest BCUT2D eigenvalue weighted by molar-refractivity contribution is 7.80. The predicted molar refractivity (Wildman–Crippen MR) is 119 cm³/mol. The monoisotopic (exact) mass is 411 g/mol. The van der Waals surface area contributed by atoms with Gasteiger partial charge in [0.15, 0.2) is 5.11 Å². The molecule has 3 heterocycles. The fourth-order valence-electron chi connectivity index (χ4n) is 8.20. The molecule has 2 aliphatic heterocycles. The molecule has 1 aromatic heterocycles. The third kappa shape index (κ3) is 2.98. The number of nitrogens with one attached hydrogen (secondary N) is 1. The average Bonchev–Trinajstić information content (AvgIpc) is 2.67. The first-order valence-corrected chi connectivity index (χ1v) is 12.1. The summed E-state index contributed by atoms with van der Waals surface area (Å²) < 4.78 is 2.00. The summed E-state index contributed by atoms with van der Waals surface area (Å²) in [5.74, 6) is 3.87. The third-order valence-corrected chi connectivity index (χ3v) is 9.49. The van der Waals surface area contributed by atoms with Crippen molar-refractivity contribution < 1.29 is 0 Å². The van der Waals surface area contributed by atoms with E-state index in [1.165, 1.54) is 50.6 Å². The number of pyridine rings is 1. The number of likely N-dealkylation sites (tertiary alicyclic amines) is 1. The Bertz CT molecular complexity index is 857. The molecule has 0 radical (unpaired) electrons. The Morgan fingerprint density at radius 1 is 1.03 bits per heavy atom. The van der Waals surface area contributed by atoms with E-state index in [2.05, 4.69) is 23.2 Å². The molecule has 3 atom stereocenters. The van der Waals surface area contributed by atoms with Crippen LogP contribution in [0.4, 0.5) is 0 Å². The van der Waals surface area contributed by atoms with Gasteiger partial charge in [-0.15, -0.1) is 0 Å². The van der Waals surface area contributed by atoms with Crippen molar-refractivity contribution in [3.05, 3.63) is 34.2 Å². The highest BCUT2D eigenvalue weighted by Gasteiger charge is 2.53. The van der Waals surface area contributed by atoms with E-state index in [0.29, 0.717) is 23.3 Å². The summed E-state index contributed by atoms with van der Waals surface area (Å²) in [6.45, 7) is 5.17. The lowest BCUT2D eigenvalue weighted by atomic mass is 9.48. The van der Waals surface area contributed by atoms with Gasteiger partial charge in [-0.1, -0.05) is 6.07 Å². The Labute approximate surface area is 179 Å². The van der Waals surface area contributed by atoms with Crippen molar-refractivity contribution >= 4 is 17.3 Å². The van der Waals surface area contributed by atoms with Crippen LogP contribution in [-0.4, -0.2) is 33.7 Å². The summed E-state index contributed by atoms with van der Waals surface area (Å²) in [6.07, 6.45) is 9.90. The van der Waals surface area contributed by atoms with E-state index in [9.17, 15) is 4.79 Å². The van der Waals surface area contributed by atoms with Crippen molar-refractivity contribution in [3.8, 4) is 0 Å². The van der Waals surface area contributed by atoms with Crippen LogP contribution in [0.25, 0.3) is 0 Å². The van der Waals surface area contributed by atoms with Crippen LogP contribution in [0.3, 0.4) is 0 Å². The second-order valence-electron chi connectivity index (χ2n) is 11.1. The number of piperidine rings is 1. The Kier molecular flexibility index (Phi) is 4.17. The Morgan fingerprint density at radius 2 is 1.72 bits per heavy atom. The van der Waals surface area contributed by atoms with Crippen molar-refractivity contribution in [2.75, 3.05) is 13.1 Å². The van der Waals surface area contributed by atoms with Crippen molar-refractivity contribution in [2.24, 2.45) is 29.1 Å². The fourth-order valence-corrected chi connectivity index (χ4v) is 8.53. The van der Waals surface area contributed by atoms with E-state index in [-0.39, 0.29) is 5.56 Å². The third-order valence-electron chi connectivity index (χ3n) is 9.11. The molecule has 4 nitrogen and oxygen atoms in total. The SMILES string of the molecule is C[C@H](NC(=S)N1C[C@@H]2C[C@H](C1)c1cccc(=O)n1C2)C12CC3CC(CC(C3)C1)C2. The number of fused-ring (bicyclic) bond motifs is 4. The fraction of sp³-hybridized carbons (Fsp3) is 0.750. The van der Waals surface area contributed by atoms with Crippen LogP contribution in [0.5, 0.6) is 0 Å². The number of hydrogen-bond donors (Lipinski definition) is 1. The van der Waals surface area contributed by atoms with Gasteiger partial charge in [0, 0.05) is 43.4 Å². The van der Waals surface area contributed by atoms with E-state index in [0.717, 1.165) is 42.5 Å². The van der Waals surface area contributed by atoms with Crippen LogP contribution in [0.1, 0.15) is 63.5 Å². The Hall–Kier alpha value is -1.36. The molecule has 156 valence electrons. The maximum Gasteiger partial charge on any atom is 0.250 e. The maximum absolute atomic E-state index is 12.3. The van der Waals surface area contributed by atoms with Crippen LogP contribution in [0.15, 0.2) is 23.0 Å². The lowest BCUT2D eigenvalue weighted by Gasteiger charge is -2.59. The molecule has 7 rings (SSSR count). The van der Waals surface area contributed by atoms with Crippen LogP contribution in [0, 0.1) is 29.1 Å². The summed E-state index contributed by atoms with van der Waals surface area (Å²) in [5, 5.41) is 4.77. The lowest BCUT2D eigenvalue weighted by Crippen LogP contribution is -2.59. The zero-order valence-electron chi connectivity index (χ0n) is 17.5. The molecule has 1 N–H and O–H groups in total. The van der Waals surface area contributed by atoms with E-state index < -0.39 is 0 Å². The zero-order chi connectivity index (χ0) is 19.8. The molecule has 5 fully saturated rings. The number of rotatable bonds is 2. The van der Waals surface area contributed by atoms with Crippen molar-refractivity contribution in [2.45, 2.75) is 70.4 Å². The standard InChI is InChI=1S/C24H33N3OS/c1-15(24-9-16-5-17(10-24)7-18(6-16)11-24)25-23(29)26-12-19-8-20(14-26)21-3-2-4-22(28)27(21)13-19/h2-4,15-20H,5-14H2,1H3,(H,25,29)/t15-,16?,17?,18?,19-,20+,24?/m0/s1. The normalized spacial score (nSPS) is 40.4. The predicted octanol–water partition coefficient (Wildman–Crippen LogP) is 3.75. The number of nitrogens with zero attached hydrogens (tertiary/aromatic N) is 2. The second-order valence-corrected chi connectivity index (χ2v) is 11.4. The molecule has 0 amide bonds. The molecule has 29 heavy (non-hydrogen) atoms. The quantitative estimate of drug-likeness (QED) is 0.752. The molecule has 4 saturated carbocycles. The van der Waals surface area contributed by atoms with Gasteiger partial charge < -0.3 is 14.8 Å². The zero-order valence-corrected chi connectivity index (χ0v) is 18.3. The van der Waals surface area contributed by atoms with Gasteiger partial charge in [0.25, 0.3) is 5.56 Å². The summed E-state index contributed by atoms with van der Waals surface area (Å²) in [6, 6.07) is 6.22. The van der Waals surface area contributed by atoms with Crippen molar-refractivity contribution in [1.82, 2.24) is 14.8 Å². The van der Waals surface area contributed by atoms with Gasteiger partial charge in [0.05, 0.1) is 0 Å². The van der Waals surface area contributed by atoms with E-state index in [4.69, 9.17) is 12.2 Å². The first-order valence-electron chi connectivity index (χ1n) is 11.7. The first-order chi connectivity index (χ1) is 14.0. The molecular weight excluding hydrogens is 378 g/mol. The first kappa shape index (κ1) is 18.4. The summed E-state index contributed by atoms with van der Waals surface area (Å²) in [4.78, 5) is 14.7.